The second-order valence-electron chi connectivity index (χ2n) is 3.49. The third-order valence-corrected chi connectivity index (χ3v) is 3.78. The van der Waals surface area contributed by atoms with Crippen LogP contribution in [0.2, 0.25) is 0 Å². The summed E-state index contributed by atoms with van der Waals surface area (Å²) in [5, 5.41) is 0. The van der Waals surface area contributed by atoms with E-state index >= 15 is 0 Å². The third-order valence-electron chi connectivity index (χ3n) is 2.38. The highest BCUT2D eigenvalue weighted by atomic mass is 35.7. The molecule has 15 heavy (non-hydrogen) atoms. The number of hydrogen-bond acceptors (Lipinski definition) is 2. The molecule has 82 valence electrons. The molecule has 1 aromatic carbocycles. The predicted molar refractivity (Wildman–Crippen MR) is 51.8 cm³/mol. The van der Waals surface area contributed by atoms with E-state index in [2.05, 4.69) is 0 Å². The van der Waals surface area contributed by atoms with Gasteiger partial charge in [-0.3, -0.25) is 0 Å². The summed E-state index contributed by atoms with van der Waals surface area (Å²) in [5.41, 5.74) is 0.109. The van der Waals surface area contributed by atoms with Gasteiger partial charge in [-0.1, -0.05) is 18.2 Å². The Morgan fingerprint density at radius 2 is 1.87 bits per heavy atom. The molecule has 6 heteroatoms. The van der Waals surface area contributed by atoms with E-state index in [1.165, 1.54) is 24.3 Å². The molecule has 1 fully saturated rings. The molecule has 1 atom stereocenters. The molecular formula is C9H7ClF2O2S. The highest BCUT2D eigenvalue weighted by Gasteiger charge is 2.58. The molecule has 0 spiro atoms. The highest BCUT2D eigenvalue weighted by molar-refractivity contribution is 8.13. The number of hydrogen-bond donors (Lipinski definition) is 0. The Hall–Kier alpha value is -0.680. The summed E-state index contributed by atoms with van der Waals surface area (Å²) >= 11 is 0. The van der Waals surface area contributed by atoms with Gasteiger partial charge >= 0.3 is 0 Å². The van der Waals surface area contributed by atoms with Crippen molar-refractivity contribution in [3.8, 4) is 0 Å². The molecule has 2 nitrogen and oxygen atoms in total. The van der Waals surface area contributed by atoms with Gasteiger partial charge in [0.05, 0.1) is 10.8 Å². The van der Waals surface area contributed by atoms with Gasteiger partial charge in [-0.25, -0.2) is 17.2 Å². The van der Waals surface area contributed by atoms with Gasteiger partial charge in [-0.05, 0) is 11.6 Å². The van der Waals surface area contributed by atoms with Crippen LogP contribution >= 0.6 is 10.7 Å². The van der Waals surface area contributed by atoms with Crippen LogP contribution in [-0.4, -0.2) is 14.3 Å². The van der Waals surface area contributed by atoms with Crippen LogP contribution in [0.3, 0.4) is 0 Å². The topological polar surface area (TPSA) is 34.1 Å². The minimum atomic E-state index is -3.95. The molecule has 0 bridgehead atoms. The molecular weight excluding hydrogens is 246 g/mol. The molecule has 0 aromatic heterocycles. The van der Waals surface area contributed by atoms with Crippen LogP contribution in [0.25, 0.3) is 0 Å². The summed E-state index contributed by atoms with van der Waals surface area (Å²) in [6.07, 6.45) is -0.309. The van der Waals surface area contributed by atoms with Gasteiger partial charge in [0.25, 0.3) is 15.0 Å². The minimum Gasteiger partial charge on any atom is -0.207 e. The van der Waals surface area contributed by atoms with Crippen LogP contribution in [0.1, 0.15) is 17.9 Å². The van der Waals surface area contributed by atoms with E-state index in [-0.39, 0.29) is 16.9 Å². The van der Waals surface area contributed by atoms with E-state index in [0.717, 1.165) is 0 Å². The van der Waals surface area contributed by atoms with Gasteiger partial charge in [0.2, 0.25) is 0 Å². The average molecular weight is 253 g/mol. The Morgan fingerprint density at radius 1 is 1.33 bits per heavy atom. The molecule has 0 amide bonds. The van der Waals surface area contributed by atoms with E-state index in [1.54, 1.807) is 0 Å². The monoisotopic (exact) mass is 252 g/mol. The number of alkyl halides is 2. The molecule has 1 saturated carbocycles. The smallest absolute Gasteiger partial charge is 0.207 e. The van der Waals surface area contributed by atoms with Crippen molar-refractivity contribution in [2.24, 2.45) is 0 Å². The van der Waals surface area contributed by atoms with Crippen LogP contribution < -0.4 is 0 Å². The summed E-state index contributed by atoms with van der Waals surface area (Å²) in [5.74, 6) is -3.81. The first kappa shape index (κ1) is 10.8. The van der Waals surface area contributed by atoms with Gasteiger partial charge < -0.3 is 0 Å². The highest BCUT2D eigenvalue weighted by Crippen LogP contribution is 2.57. The van der Waals surface area contributed by atoms with E-state index in [0.29, 0.717) is 0 Å². The van der Waals surface area contributed by atoms with Gasteiger partial charge in [-0.2, -0.15) is 0 Å². The van der Waals surface area contributed by atoms with E-state index in [4.69, 9.17) is 10.7 Å². The van der Waals surface area contributed by atoms with Crippen LogP contribution in [0.5, 0.6) is 0 Å². The van der Waals surface area contributed by atoms with Crippen LogP contribution in [0.15, 0.2) is 29.2 Å². The van der Waals surface area contributed by atoms with Crippen LogP contribution in [0.4, 0.5) is 8.78 Å². The van der Waals surface area contributed by atoms with Crippen molar-refractivity contribution >= 4 is 19.7 Å². The Labute approximate surface area is 90.3 Å². The molecule has 0 saturated heterocycles. The Bertz CT molecular complexity index is 499. The summed E-state index contributed by atoms with van der Waals surface area (Å²) < 4.78 is 47.9. The number of rotatable bonds is 2. The summed E-state index contributed by atoms with van der Waals surface area (Å²) in [6, 6.07) is 5.60. The lowest BCUT2D eigenvalue weighted by molar-refractivity contribution is 0.111. The first-order chi connectivity index (χ1) is 6.82. The lowest BCUT2D eigenvalue weighted by Gasteiger charge is -2.04. The molecule has 0 heterocycles. The van der Waals surface area contributed by atoms with E-state index in [1.807, 2.05) is 0 Å². The zero-order valence-electron chi connectivity index (χ0n) is 7.45. The number of benzene rings is 1. The van der Waals surface area contributed by atoms with Crippen molar-refractivity contribution in [1.82, 2.24) is 0 Å². The van der Waals surface area contributed by atoms with Gasteiger partial charge in [0.15, 0.2) is 0 Å². The molecule has 1 unspecified atom stereocenters. The SMILES string of the molecule is O=S(=O)(Cl)c1ccccc1C1CC1(F)F. The lowest BCUT2D eigenvalue weighted by Crippen LogP contribution is -2.00. The maximum atomic E-state index is 12.8. The van der Waals surface area contributed by atoms with Gasteiger partial charge in [0, 0.05) is 17.1 Å². The Morgan fingerprint density at radius 3 is 2.33 bits per heavy atom. The Kier molecular flexibility index (Phi) is 2.28. The molecule has 0 N–H and O–H groups in total. The molecule has 1 aliphatic rings. The maximum absolute atomic E-state index is 12.8. The van der Waals surface area contributed by atoms with Gasteiger partial charge in [-0.15, -0.1) is 0 Å². The first-order valence-corrected chi connectivity index (χ1v) is 6.55. The van der Waals surface area contributed by atoms with Crippen molar-refractivity contribution in [2.75, 3.05) is 0 Å². The summed E-state index contributed by atoms with van der Waals surface area (Å²) in [6.45, 7) is 0. The minimum absolute atomic E-state index is 0.109. The average Bonchev–Trinajstić information content (AvgIpc) is 2.74. The fourth-order valence-electron chi connectivity index (χ4n) is 1.54. The van der Waals surface area contributed by atoms with Crippen molar-refractivity contribution < 1.29 is 17.2 Å². The lowest BCUT2D eigenvalue weighted by atomic mass is 10.1. The molecule has 0 aliphatic heterocycles. The van der Waals surface area contributed by atoms with E-state index in [9.17, 15) is 17.2 Å². The van der Waals surface area contributed by atoms with Crippen LogP contribution in [0, 0.1) is 0 Å². The largest absolute Gasteiger partial charge is 0.261 e. The normalized spacial score (nSPS) is 23.8. The predicted octanol–water partition coefficient (Wildman–Crippen LogP) is 2.74. The summed E-state index contributed by atoms with van der Waals surface area (Å²) in [7, 11) is 1.21. The fourth-order valence-corrected chi connectivity index (χ4v) is 2.70. The first-order valence-electron chi connectivity index (χ1n) is 4.24. The molecule has 1 aliphatic carbocycles. The fraction of sp³-hybridized carbons (Fsp3) is 0.333. The quantitative estimate of drug-likeness (QED) is 0.759. The van der Waals surface area contributed by atoms with Crippen molar-refractivity contribution in [3.63, 3.8) is 0 Å². The second kappa shape index (κ2) is 3.15. The molecule has 0 radical (unpaired) electrons. The standard InChI is InChI=1S/C9H7ClF2O2S/c10-15(13,14)8-4-2-1-3-6(8)7-5-9(7,11)12/h1-4,7H,5H2. The van der Waals surface area contributed by atoms with Crippen molar-refractivity contribution in [2.45, 2.75) is 23.2 Å². The van der Waals surface area contributed by atoms with Gasteiger partial charge in [0.1, 0.15) is 0 Å². The molecule has 2 rings (SSSR count). The number of halogens is 3. The summed E-state index contributed by atoms with van der Waals surface area (Å²) in [4.78, 5) is -0.214. The second-order valence-corrected chi connectivity index (χ2v) is 6.03. The van der Waals surface area contributed by atoms with Crippen LogP contribution in [-0.2, 0) is 9.05 Å². The zero-order chi connectivity index (χ0) is 11.3. The molecule has 1 aromatic rings. The zero-order valence-corrected chi connectivity index (χ0v) is 9.02. The Balaban J connectivity index is 2.50. The van der Waals surface area contributed by atoms with Crippen molar-refractivity contribution in [1.29, 1.82) is 0 Å². The third kappa shape index (κ3) is 1.99. The maximum Gasteiger partial charge on any atom is 0.261 e. The van der Waals surface area contributed by atoms with E-state index < -0.39 is 20.9 Å². The van der Waals surface area contributed by atoms with Crippen molar-refractivity contribution in [3.05, 3.63) is 29.8 Å².